The number of benzene rings is 1. The Hall–Kier alpha value is -1.77. The molecule has 1 fully saturated rings. The summed E-state index contributed by atoms with van der Waals surface area (Å²) in [7, 11) is -3.66. The Morgan fingerprint density at radius 2 is 1.91 bits per heavy atom. The molecule has 1 N–H and O–H groups in total. The van der Waals surface area contributed by atoms with Gasteiger partial charge in [-0.05, 0) is 25.0 Å². The molecule has 0 unspecified atom stereocenters. The van der Waals surface area contributed by atoms with Gasteiger partial charge in [-0.3, -0.25) is 10.1 Å². The summed E-state index contributed by atoms with van der Waals surface area (Å²) in [6.45, 7) is 1.01. The fraction of sp³-hybridized carbons (Fsp3) is 0.333. The summed E-state index contributed by atoms with van der Waals surface area (Å²) in [6, 6.07) is 6.31. The smallest absolute Gasteiger partial charge is 0.258 e. The van der Waals surface area contributed by atoms with E-state index in [9.17, 15) is 13.2 Å². The Bertz CT molecular complexity index is 782. The van der Waals surface area contributed by atoms with Crippen LogP contribution < -0.4 is 5.32 Å². The topological polar surface area (TPSA) is 79.4 Å². The number of anilines is 1. The molecule has 1 aliphatic rings. The van der Waals surface area contributed by atoms with E-state index in [1.807, 2.05) is 0 Å². The number of amides is 1. The molecule has 2 aromatic rings. The fourth-order valence-electron chi connectivity index (χ4n) is 2.57. The van der Waals surface area contributed by atoms with E-state index in [4.69, 9.17) is 0 Å². The van der Waals surface area contributed by atoms with E-state index in [1.165, 1.54) is 27.8 Å². The minimum absolute atomic E-state index is 0.0518. The molecule has 1 amide bonds. The van der Waals surface area contributed by atoms with E-state index >= 15 is 0 Å². The molecular formula is C15H17N3O3S2. The van der Waals surface area contributed by atoms with Gasteiger partial charge in [0.25, 0.3) is 5.91 Å². The lowest BCUT2D eigenvalue weighted by molar-refractivity contribution is 0.102. The van der Waals surface area contributed by atoms with Gasteiger partial charge in [0.15, 0.2) is 5.13 Å². The minimum Gasteiger partial charge on any atom is -0.298 e. The number of hydrogen-bond donors (Lipinski definition) is 1. The van der Waals surface area contributed by atoms with Crippen molar-refractivity contribution in [1.82, 2.24) is 9.29 Å². The fourth-order valence-corrected chi connectivity index (χ4v) is 4.80. The molecule has 1 saturated heterocycles. The summed E-state index contributed by atoms with van der Waals surface area (Å²) in [4.78, 5) is 16.5. The number of carbonyl (C=O) groups excluding carboxylic acids is 1. The van der Waals surface area contributed by atoms with Crippen LogP contribution in [0.5, 0.6) is 0 Å². The van der Waals surface area contributed by atoms with Gasteiger partial charge in [-0.2, -0.15) is 4.31 Å². The van der Waals surface area contributed by atoms with Crippen molar-refractivity contribution in [2.24, 2.45) is 0 Å². The SMILES string of the molecule is O=C(Nc1nccs1)c1ccccc1S(=O)(=O)N1CCCCC1. The number of carbonyl (C=O) groups is 1. The molecule has 2 heterocycles. The molecule has 122 valence electrons. The Morgan fingerprint density at radius 3 is 2.61 bits per heavy atom. The third-order valence-electron chi connectivity index (χ3n) is 3.72. The zero-order valence-corrected chi connectivity index (χ0v) is 14.1. The molecule has 0 atom stereocenters. The van der Waals surface area contributed by atoms with Crippen molar-refractivity contribution in [3.8, 4) is 0 Å². The predicted octanol–water partition coefficient (Wildman–Crippen LogP) is 2.57. The lowest BCUT2D eigenvalue weighted by atomic mass is 10.2. The molecule has 0 radical (unpaired) electrons. The average molecular weight is 351 g/mol. The number of piperidine rings is 1. The van der Waals surface area contributed by atoms with Crippen molar-refractivity contribution >= 4 is 32.4 Å². The van der Waals surface area contributed by atoms with Crippen LogP contribution in [0.3, 0.4) is 0 Å². The molecule has 3 rings (SSSR count). The maximum absolute atomic E-state index is 12.8. The van der Waals surface area contributed by atoms with Gasteiger partial charge in [0.2, 0.25) is 10.0 Å². The summed E-state index contributed by atoms with van der Waals surface area (Å²) in [6.07, 6.45) is 4.33. The molecule has 0 saturated carbocycles. The normalized spacial score (nSPS) is 16.2. The molecule has 1 aromatic heterocycles. The Balaban J connectivity index is 1.92. The van der Waals surface area contributed by atoms with Crippen molar-refractivity contribution < 1.29 is 13.2 Å². The number of sulfonamides is 1. The standard InChI is InChI=1S/C15H17N3O3S2/c19-14(17-15-16-8-11-22-15)12-6-2-3-7-13(12)23(20,21)18-9-4-1-5-10-18/h2-3,6-8,11H,1,4-5,9-10H2,(H,16,17,19). The molecule has 6 nitrogen and oxygen atoms in total. The van der Waals surface area contributed by atoms with Crippen LogP contribution in [-0.2, 0) is 10.0 Å². The van der Waals surface area contributed by atoms with Gasteiger partial charge in [-0.1, -0.05) is 18.6 Å². The van der Waals surface area contributed by atoms with Crippen molar-refractivity contribution in [1.29, 1.82) is 0 Å². The first kappa shape index (κ1) is 16.1. The second-order valence-corrected chi connectivity index (χ2v) is 8.05. The Morgan fingerprint density at radius 1 is 1.17 bits per heavy atom. The van der Waals surface area contributed by atoms with Gasteiger partial charge < -0.3 is 0 Å². The minimum atomic E-state index is -3.66. The van der Waals surface area contributed by atoms with Crippen LogP contribution in [-0.4, -0.2) is 36.7 Å². The van der Waals surface area contributed by atoms with Crippen molar-refractivity contribution in [3.63, 3.8) is 0 Å². The van der Waals surface area contributed by atoms with Crippen LogP contribution in [0.1, 0.15) is 29.6 Å². The van der Waals surface area contributed by atoms with E-state index < -0.39 is 15.9 Å². The van der Waals surface area contributed by atoms with E-state index in [1.54, 1.807) is 23.7 Å². The first-order chi connectivity index (χ1) is 11.1. The first-order valence-corrected chi connectivity index (χ1v) is 9.71. The van der Waals surface area contributed by atoms with Gasteiger partial charge in [0, 0.05) is 24.7 Å². The van der Waals surface area contributed by atoms with Gasteiger partial charge in [0.05, 0.1) is 10.5 Å². The predicted molar refractivity (Wildman–Crippen MR) is 89.1 cm³/mol. The van der Waals surface area contributed by atoms with Crippen LogP contribution in [0.25, 0.3) is 0 Å². The quantitative estimate of drug-likeness (QED) is 0.918. The highest BCUT2D eigenvalue weighted by Gasteiger charge is 2.29. The summed E-state index contributed by atoms with van der Waals surface area (Å²) in [5, 5.41) is 4.83. The van der Waals surface area contributed by atoms with Crippen LogP contribution in [0.2, 0.25) is 0 Å². The molecule has 0 bridgehead atoms. The van der Waals surface area contributed by atoms with Crippen LogP contribution in [0, 0.1) is 0 Å². The number of nitrogens with one attached hydrogen (secondary N) is 1. The lowest BCUT2D eigenvalue weighted by Gasteiger charge is -2.26. The zero-order valence-electron chi connectivity index (χ0n) is 12.4. The molecule has 0 spiro atoms. The second kappa shape index (κ2) is 6.77. The second-order valence-electron chi connectivity index (χ2n) is 5.25. The average Bonchev–Trinajstić information content (AvgIpc) is 3.08. The van der Waals surface area contributed by atoms with E-state index in [-0.39, 0.29) is 10.5 Å². The third kappa shape index (κ3) is 3.44. The lowest BCUT2D eigenvalue weighted by Crippen LogP contribution is -2.36. The van der Waals surface area contributed by atoms with E-state index in [2.05, 4.69) is 10.3 Å². The number of hydrogen-bond acceptors (Lipinski definition) is 5. The van der Waals surface area contributed by atoms with Crippen molar-refractivity contribution in [2.75, 3.05) is 18.4 Å². The summed E-state index contributed by atoms with van der Waals surface area (Å²) in [5.74, 6) is -0.462. The zero-order chi connectivity index (χ0) is 16.3. The van der Waals surface area contributed by atoms with E-state index in [0.29, 0.717) is 18.2 Å². The number of aromatic nitrogens is 1. The van der Waals surface area contributed by atoms with Crippen LogP contribution in [0.15, 0.2) is 40.7 Å². The maximum atomic E-state index is 12.8. The summed E-state index contributed by atoms with van der Waals surface area (Å²) >= 11 is 1.28. The van der Waals surface area contributed by atoms with Crippen LogP contribution in [0.4, 0.5) is 5.13 Å². The summed E-state index contributed by atoms with van der Waals surface area (Å²) in [5.41, 5.74) is 0.147. The molecule has 1 aliphatic heterocycles. The maximum Gasteiger partial charge on any atom is 0.258 e. The third-order valence-corrected chi connectivity index (χ3v) is 6.36. The first-order valence-electron chi connectivity index (χ1n) is 7.39. The van der Waals surface area contributed by atoms with Gasteiger partial charge in [-0.15, -0.1) is 11.3 Å². The van der Waals surface area contributed by atoms with Gasteiger partial charge in [0.1, 0.15) is 0 Å². The molecule has 0 aliphatic carbocycles. The van der Waals surface area contributed by atoms with Crippen molar-refractivity contribution in [3.05, 3.63) is 41.4 Å². The number of nitrogens with zero attached hydrogens (tertiary/aromatic N) is 2. The number of thiazole rings is 1. The summed E-state index contributed by atoms with van der Waals surface area (Å²) < 4.78 is 27.2. The van der Waals surface area contributed by atoms with Crippen molar-refractivity contribution in [2.45, 2.75) is 24.2 Å². The molecule has 8 heteroatoms. The van der Waals surface area contributed by atoms with E-state index in [0.717, 1.165) is 19.3 Å². The highest BCUT2D eigenvalue weighted by atomic mass is 32.2. The van der Waals surface area contributed by atoms with Gasteiger partial charge >= 0.3 is 0 Å². The Labute approximate surface area is 139 Å². The molecular weight excluding hydrogens is 334 g/mol. The van der Waals surface area contributed by atoms with Crippen LogP contribution >= 0.6 is 11.3 Å². The number of rotatable bonds is 4. The highest BCUT2D eigenvalue weighted by molar-refractivity contribution is 7.89. The Kier molecular flexibility index (Phi) is 4.74. The monoisotopic (exact) mass is 351 g/mol. The molecule has 23 heavy (non-hydrogen) atoms. The molecule has 1 aromatic carbocycles. The highest BCUT2D eigenvalue weighted by Crippen LogP contribution is 2.24. The largest absolute Gasteiger partial charge is 0.298 e. The van der Waals surface area contributed by atoms with Gasteiger partial charge in [-0.25, -0.2) is 13.4 Å².